The van der Waals surface area contributed by atoms with Gasteiger partial charge in [-0.2, -0.15) is 13.2 Å². The lowest BCUT2D eigenvalue weighted by Crippen LogP contribution is -2.48. The Morgan fingerprint density at radius 2 is 2.08 bits per heavy atom. The van der Waals surface area contributed by atoms with Gasteiger partial charge in [-0.3, -0.25) is 0 Å². The number of alkyl halides is 3. The summed E-state index contributed by atoms with van der Waals surface area (Å²) in [5.41, 5.74) is -0.861. The molecule has 5 nitrogen and oxygen atoms in total. The topological polar surface area (TPSA) is 57.3 Å². The van der Waals surface area contributed by atoms with Crippen molar-refractivity contribution in [1.29, 1.82) is 0 Å². The molecular formula is C15H20ClF3N4O. The minimum absolute atomic E-state index is 0.0167. The van der Waals surface area contributed by atoms with Gasteiger partial charge in [-0.1, -0.05) is 18.5 Å². The molecule has 2 N–H and O–H groups in total. The number of hydrogen-bond acceptors (Lipinski definition) is 3. The van der Waals surface area contributed by atoms with Crippen LogP contribution in [0, 0.1) is 0 Å². The Morgan fingerprint density at radius 1 is 1.42 bits per heavy atom. The van der Waals surface area contributed by atoms with Gasteiger partial charge in [-0.25, -0.2) is 9.78 Å². The number of nitrogens with one attached hydrogen (secondary N) is 2. The predicted molar refractivity (Wildman–Crippen MR) is 86.3 cm³/mol. The summed E-state index contributed by atoms with van der Waals surface area (Å²) < 4.78 is 37.9. The van der Waals surface area contributed by atoms with E-state index >= 15 is 0 Å². The van der Waals surface area contributed by atoms with Gasteiger partial charge in [0.15, 0.2) is 0 Å². The van der Waals surface area contributed by atoms with Crippen molar-refractivity contribution in [1.82, 2.24) is 15.6 Å². The van der Waals surface area contributed by atoms with E-state index in [1.54, 1.807) is 0 Å². The van der Waals surface area contributed by atoms with Gasteiger partial charge in [-0.15, -0.1) is 0 Å². The van der Waals surface area contributed by atoms with Gasteiger partial charge in [0.25, 0.3) is 0 Å². The van der Waals surface area contributed by atoms with E-state index in [-0.39, 0.29) is 17.1 Å². The average Bonchev–Trinajstić information content (AvgIpc) is 2.53. The molecule has 0 bridgehead atoms. The SMILES string of the molecule is CCCNC(=O)NC1CCN(c2ncc(C(F)(F)F)cc2Cl)CC1. The minimum Gasteiger partial charge on any atom is -0.355 e. The van der Waals surface area contributed by atoms with Crippen LogP contribution in [0.3, 0.4) is 0 Å². The molecule has 0 unspecified atom stereocenters. The Kier molecular flexibility index (Phi) is 6.15. The average molecular weight is 365 g/mol. The predicted octanol–water partition coefficient (Wildman–Crippen LogP) is 3.43. The zero-order chi connectivity index (χ0) is 17.7. The van der Waals surface area contributed by atoms with Gasteiger partial charge in [-0.05, 0) is 25.3 Å². The summed E-state index contributed by atoms with van der Waals surface area (Å²) in [6.45, 7) is 3.73. The van der Waals surface area contributed by atoms with Crippen LogP contribution in [0.15, 0.2) is 12.3 Å². The molecule has 2 rings (SSSR count). The molecule has 1 aliphatic rings. The second kappa shape index (κ2) is 7.92. The number of rotatable bonds is 4. The molecule has 0 radical (unpaired) electrons. The van der Waals surface area contributed by atoms with E-state index < -0.39 is 11.7 Å². The normalized spacial score (nSPS) is 16.1. The summed E-state index contributed by atoms with van der Waals surface area (Å²) in [7, 11) is 0. The number of urea groups is 1. The van der Waals surface area contributed by atoms with Crippen molar-refractivity contribution in [3.05, 3.63) is 22.8 Å². The molecule has 2 amide bonds. The number of pyridine rings is 1. The largest absolute Gasteiger partial charge is 0.417 e. The summed E-state index contributed by atoms with van der Waals surface area (Å²) in [6.07, 6.45) is -1.44. The molecule has 1 aromatic heterocycles. The summed E-state index contributed by atoms with van der Waals surface area (Å²) in [6, 6.07) is 0.735. The van der Waals surface area contributed by atoms with Crippen LogP contribution in [0.4, 0.5) is 23.8 Å². The van der Waals surface area contributed by atoms with Crippen LogP contribution in [0.25, 0.3) is 0 Å². The number of anilines is 1. The van der Waals surface area contributed by atoms with Crippen LogP contribution >= 0.6 is 11.6 Å². The Labute approximate surface area is 143 Å². The number of halogens is 4. The molecule has 1 aromatic rings. The van der Waals surface area contributed by atoms with Crippen molar-refractivity contribution in [2.45, 2.75) is 38.4 Å². The second-order valence-corrected chi connectivity index (χ2v) is 6.10. The fourth-order valence-electron chi connectivity index (χ4n) is 2.53. The molecule has 2 heterocycles. The number of carbonyl (C=O) groups excluding carboxylic acids is 1. The molecule has 1 saturated heterocycles. The van der Waals surface area contributed by atoms with Gasteiger partial charge < -0.3 is 15.5 Å². The number of hydrogen-bond donors (Lipinski definition) is 2. The molecule has 0 aromatic carbocycles. The molecule has 0 spiro atoms. The number of aromatic nitrogens is 1. The summed E-state index contributed by atoms with van der Waals surface area (Å²) in [5.74, 6) is 0.346. The zero-order valence-electron chi connectivity index (χ0n) is 13.3. The Balaban J connectivity index is 1.91. The van der Waals surface area contributed by atoms with Crippen molar-refractivity contribution in [2.75, 3.05) is 24.5 Å². The van der Waals surface area contributed by atoms with Crippen molar-refractivity contribution in [3.63, 3.8) is 0 Å². The van der Waals surface area contributed by atoms with E-state index in [9.17, 15) is 18.0 Å². The van der Waals surface area contributed by atoms with Gasteiger partial charge in [0.1, 0.15) is 5.82 Å². The van der Waals surface area contributed by atoms with Crippen LogP contribution in [0.1, 0.15) is 31.7 Å². The Hall–Kier alpha value is -1.70. The quantitative estimate of drug-likeness (QED) is 0.860. The van der Waals surface area contributed by atoms with Gasteiger partial charge in [0.05, 0.1) is 10.6 Å². The van der Waals surface area contributed by atoms with E-state index in [4.69, 9.17) is 11.6 Å². The standard InChI is InChI=1S/C15H20ClF3N4O/c1-2-5-20-14(24)22-11-3-6-23(7-4-11)13-12(16)8-10(9-21-13)15(17,18)19/h8-9,11H,2-7H2,1H3,(H2,20,22,24). The highest BCUT2D eigenvalue weighted by Crippen LogP contribution is 2.34. The first kappa shape index (κ1) is 18.6. The van der Waals surface area contributed by atoms with Crippen molar-refractivity contribution in [2.24, 2.45) is 0 Å². The van der Waals surface area contributed by atoms with Crippen LogP contribution in [-0.4, -0.2) is 36.7 Å². The van der Waals surface area contributed by atoms with Crippen molar-refractivity contribution < 1.29 is 18.0 Å². The van der Waals surface area contributed by atoms with E-state index in [0.717, 1.165) is 18.7 Å². The molecule has 0 aliphatic carbocycles. The number of amides is 2. The monoisotopic (exact) mass is 364 g/mol. The summed E-state index contributed by atoms with van der Waals surface area (Å²) >= 11 is 5.96. The summed E-state index contributed by atoms with van der Waals surface area (Å²) in [5, 5.41) is 5.62. The van der Waals surface area contributed by atoms with Crippen LogP contribution in [-0.2, 0) is 6.18 Å². The fourth-order valence-corrected chi connectivity index (χ4v) is 2.81. The maximum atomic E-state index is 12.6. The number of nitrogens with zero attached hydrogens (tertiary/aromatic N) is 2. The van der Waals surface area contributed by atoms with Crippen LogP contribution < -0.4 is 15.5 Å². The van der Waals surface area contributed by atoms with Crippen molar-refractivity contribution in [3.8, 4) is 0 Å². The van der Waals surface area contributed by atoms with E-state index in [1.807, 2.05) is 11.8 Å². The molecular weight excluding hydrogens is 345 g/mol. The molecule has 1 fully saturated rings. The molecule has 134 valence electrons. The smallest absolute Gasteiger partial charge is 0.355 e. The van der Waals surface area contributed by atoms with E-state index in [1.165, 1.54) is 0 Å². The third kappa shape index (κ3) is 4.90. The zero-order valence-corrected chi connectivity index (χ0v) is 14.0. The van der Waals surface area contributed by atoms with Crippen LogP contribution in [0.2, 0.25) is 5.02 Å². The number of piperidine rings is 1. The third-order valence-corrected chi connectivity index (χ3v) is 4.09. The highest BCUT2D eigenvalue weighted by atomic mass is 35.5. The van der Waals surface area contributed by atoms with Gasteiger partial charge in [0.2, 0.25) is 0 Å². The first-order valence-corrected chi connectivity index (χ1v) is 8.21. The van der Waals surface area contributed by atoms with Crippen LogP contribution in [0.5, 0.6) is 0 Å². The third-order valence-electron chi connectivity index (χ3n) is 3.81. The van der Waals surface area contributed by atoms with E-state index in [0.29, 0.717) is 38.3 Å². The highest BCUT2D eigenvalue weighted by molar-refractivity contribution is 6.33. The van der Waals surface area contributed by atoms with Crippen molar-refractivity contribution >= 4 is 23.4 Å². The highest BCUT2D eigenvalue weighted by Gasteiger charge is 2.32. The molecule has 1 aliphatic heterocycles. The maximum absolute atomic E-state index is 12.6. The fraction of sp³-hybridized carbons (Fsp3) is 0.600. The second-order valence-electron chi connectivity index (χ2n) is 5.69. The maximum Gasteiger partial charge on any atom is 0.417 e. The summed E-state index contributed by atoms with van der Waals surface area (Å²) in [4.78, 5) is 17.3. The lowest BCUT2D eigenvalue weighted by atomic mass is 10.1. The van der Waals surface area contributed by atoms with Gasteiger partial charge in [0, 0.05) is 31.9 Å². The minimum atomic E-state index is -4.46. The molecule has 0 saturated carbocycles. The first-order valence-electron chi connectivity index (χ1n) is 7.83. The number of carbonyl (C=O) groups is 1. The molecule has 9 heteroatoms. The molecule has 24 heavy (non-hydrogen) atoms. The van der Waals surface area contributed by atoms with E-state index in [2.05, 4.69) is 15.6 Å². The molecule has 0 atom stereocenters. The lowest BCUT2D eigenvalue weighted by Gasteiger charge is -2.33. The first-order chi connectivity index (χ1) is 11.3. The van der Waals surface area contributed by atoms with Gasteiger partial charge >= 0.3 is 12.2 Å². The Bertz CT molecular complexity index is 574. The Morgan fingerprint density at radius 3 is 2.62 bits per heavy atom. The lowest BCUT2D eigenvalue weighted by molar-refractivity contribution is -0.137.